The van der Waals surface area contributed by atoms with Crippen molar-refractivity contribution >= 4 is 34.4 Å². The molecule has 0 aliphatic rings. The number of aromatic nitrogens is 3. The van der Waals surface area contributed by atoms with Gasteiger partial charge in [-0.1, -0.05) is 0 Å². The molecule has 1 aromatic carbocycles. The molecule has 30 heavy (non-hydrogen) atoms. The normalized spacial score (nSPS) is 12.1. The lowest BCUT2D eigenvalue weighted by Gasteiger charge is -2.12. The Labute approximate surface area is 164 Å². The average Bonchev–Trinajstić information content (AvgIpc) is 3.12. The Morgan fingerprint density at radius 3 is 2.23 bits per heavy atom. The van der Waals surface area contributed by atoms with E-state index < -0.39 is 31.3 Å². The lowest BCUT2D eigenvalue weighted by Crippen LogP contribution is -2.33. The molecule has 0 spiro atoms. The van der Waals surface area contributed by atoms with E-state index in [0.29, 0.717) is 16.7 Å². The molecule has 160 valence electrons. The number of alkyl halides is 6. The molecule has 0 radical (unpaired) electrons. The first-order chi connectivity index (χ1) is 14.0. The van der Waals surface area contributed by atoms with Gasteiger partial charge in [0.1, 0.15) is 24.6 Å². The second-order valence-electron chi connectivity index (χ2n) is 6.10. The van der Waals surface area contributed by atoms with Crippen LogP contribution in [0, 0.1) is 0 Å². The number of hydrogen-bond donors (Lipinski definition) is 4. The summed E-state index contributed by atoms with van der Waals surface area (Å²) in [5.41, 5.74) is 0.661. The molecule has 0 aliphatic heterocycles. The van der Waals surface area contributed by atoms with Crippen LogP contribution in [-0.2, 0) is 0 Å². The zero-order chi connectivity index (χ0) is 21.9. The van der Waals surface area contributed by atoms with Gasteiger partial charge in [0.2, 0.25) is 5.95 Å². The second-order valence-corrected chi connectivity index (χ2v) is 6.10. The summed E-state index contributed by atoms with van der Waals surface area (Å²) in [5, 5.41) is 7.09. The number of fused-ring (bicyclic) bond motifs is 1. The predicted octanol–water partition coefficient (Wildman–Crippen LogP) is 3.97. The molecule has 7 nitrogen and oxygen atoms in total. The fourth-order valence-electron chi connectivity index (χ4n) is 2.43. The minimum Gasteiger partial charge on any atom is -0.360 e. The summed E-state index contributed by atoms with van der Waals surface area (Å²) in [6, 6.07) is 6.88. The van der Waals surface area contributed by atoms with Crippen molar-refractivity contribution in [3.05, 3.63) is 42.1 Å². The van der Waals surface area contributed by atoms with Gasteiger partial charge >= 0.3 is 12.4 Å². The number of carbonyl (C=O) groups is 1. The van der Waals surface area contributed by atoms with Crippen molar-refractivity contribution in [1.82, 2.24) is 20.3 Å². The highest BCUT2D eigenvalue weighted by molar-refractivity contribution is 5.94. The van der Waals surface area contributed by atoms with Crippen LogP contribution in [0.25, 0.3) is 11.0 Å². The number of aromatic amines is 1. The molecule has 0 fully saturated rings. The second kappa shape index (κ2) is 8.08. The molecule has 0 saturated heterocycles. The van der Waals surface area contributed by atoms with E-state index in [1.165, 1.54) is 36.5 Å². The Morgan fingerprint density at radius 2 is 1.60 bits per heavy atom. The molecular formula is C17H14F6N6O. The van der Waals surface area contributed by atoms with Crippen molar-refractivity contribution < 1.29 is 31.1 Å². The number of hydrogen-bond acceptors (Lipinski definition) is 5. The van der Waals surface area contributed by atoms with Crippen LogP contribution in [0.15, 0.2) is 36.5 Å². The van der Waals surface area contributed by atoms with E-state index in [9.17, 15) is 31.1 Å². The van der Waals surface area contributed by atoms with Crippen LogP contribution >= 0.6 is 0 Å². The van der Waals surface area contributed by atoms with Crippen molar-refractivity contribution in [2.24, 2.45) is 0 Å². The van der Waals surface area contributed by atoms with Gasteiger partial charge in [-0.2, -0.15) is 36.3 Å². The lowest BCUT2D eigenvalue weighted by molar-refractivity contribution is -0.123. The Kier molecular flexibility index (Phi) is 5.71. The fraction of sp³-hybridized carbons (Fsp3) is 0.235. The van der Waals surface area contributed by atoms with Crippen LogP contribution < -0.4 is 16.0 Å². The van der Waals surface area contributed by atoms with E-state index in [4.69, 9.17) is 0 Å². The Bertz CT molecular complexity index is 1030. The Morgan fingerprint density at radius 1 is 0.933 bits per heavy atom. The predicted molar refractivity (Wildman–Crippen MR) is 96.5 cm³/mol. The number of benzene rings is 1. The van der Waals surface area contributed by atoms with Crippen LogP contribution in [0.2, 0.25) is 0 Å². The first-order valence-electron chi connectivity index (χ1n) is 8.38. The highest BCUT2D eigenvalue weighted by Gasteiger charge is 2.28. The van der Waals surface area contributed by atoms with E-state index >= 15 is 0 Å². The smallest absolute Gasteiger partial charge is 0.360 e. The molecule has 13 heteroatoms. The largest absolute Gasteiger partial charge is 0.405 e. The van der Waals surface area contributed by atoms with E-state index in [-0.39, 0.29) is 17.3 Å². The number of nitrogens with one attached hydrogen (secondary N) is 4. The number of carbonyl (C=O) groups excluding carboxylic acids is 1. The number of nitrogens with zero attached hydrogens (tertiary/aromatic N) is 2. The zero-order valence-corrected chi connectivity index (χ0v) is 14.9. The van der Waals surface area contributed by atoms with Crippen molar-refractivity contribution in [1.29, 1.82) is 0 Å². The number of halogens is 6. The van der Waals surface area contributed by atoms with Crippen molar-refractivity contribution in [3.8, 4) is 0 Å². The van der Waals surface area contributed by atoms with E-state index in [0.717, 1.165) is 0 Å². The molecule has 0 aliphatic carbocycles. The van der Waals surface area contributed by atoms with Crippen molar-refractivity contribution in [3.63, 3.8) is 0 Å². The van der Waals surface area contributed by atoms with Crippen LogP contribution in [0.5, 0.6) is 0 Å². The number of amides is 1. The van der Waals surface area contributed by atoms with E-state index in [1.807, 2.05) is 0 Å². The molecule has 0 saturated carbocycles. The van der Waals surface area contributed by atoms with Gasteiger partial charge in [-0.15, -0.1) is 0 Å². The highest BCUT2D eigenvalue weighted by atomic mass is 19.4. The highest BCUT2D eigenvalue weighted by Crippen LogP contribution is 2.25. The first kappa shape index (κ1) is 21.2. The summed E-state index contributed by atoms with van der Waals surface area (Å²) < 4.78 is 74.1. The average molecular weight is 432 g/mol. The topological polar surface area (TPSA) is 94.7 Å². The Hall–Kier alpha value is -3.51. The van der Waals surface area contributed by atoms with Gasteiger partial charge in [0.15, 0.2) is 0 Å². The summed E-state index contributed by atoms with van der Waals surface area (Å²) in [6.07, 6.45) is -7.47. The summed E-state index contributed by atoms with van der Waals surface area (Å²) in [5.74, 6) is -0.963. The van der Waals surface area contributed by atoms with Crippen molar-refractivity contribution in [2.75, 3.05) is 23.7 Å². The minimum absolute atomic E-state index is 0.00179. The maximum absolute atomic E-state index is 12.5. The van der Waals surface area contributed by atoms with Gasteiger partial charge in [-0.25, -0.2) is 0 Å². The zero-order valence-electron chi connectivity index (χ0n) is 14.9. The lowest BCUT2D eigenvalue weighted by atomic mass is 10.2. The van der Waals surface area contributed by atoms with Crippen LogP contribution in [-0.4, -0.2) is 46.3 Å². The Balaban J connectivity index is 1.73. The van der Waals surface area contributed by atoms with Gasteiger partial charge < -0.3 is 20.9 Å². The van der Waals surface area contributed by atoms with Crippen LogP contribution in [0.3, 0.4) is 0 Å². The van der Waals surface area contributed by atoms with Gasteiger partial charge in [-0.05, 0) is 30.3 Å². The monoisotopic (exact) mass is 432 g/mol. The molecule has 3 rings (SSSR count). The number of anilines is 3. The maximum Gasteiger partial charge on any atom is 0.405 e. The molecule has 3 aromatic rings. The molecule has 4 N–H and O–H groups in total. The molecular weight excluding hydrogens is 418 g/mol. The number of rotatable bonds is 6. The fourth-order valence-corrected chi connectivity index (χ4v) is 2.43. The SMILES string of the molecule is O=C(NCC(F)(F)F)c1ccc(Nc2nc(NCC(F)(F)F)c3cc[nH]c3n2)cc1. The van der Waals surface area contributed by atoms with Gasteiger partial charge in [0.25, 0.3) is 5.91 Å². The third kappa shape index (κ3) is 5.75. The summed E-state index contributed by atoms with van der Waals surface area (Å²) in [7, 11) is 0. The first-order valence-corrected chi connectivity index (χ1v) is 8.38. The minimum atomic E-state index is -4.52. The summed E-state index contributed by atoms with van der Waals surface area (Å²) >= 11 is 0. The molecule has 0 unspecified atom stereocenters. The quantitative estimate of drug-likeness (QED) is 0.443. The third-order valence-corrected chi connectivity index (χ3v) is 3.72. The van der Waals surface area contributed by atoms with Crippen LogP contribution in [0.1, 0.15) is 10.4 Å². The molecule has 2 aromatic heterocycles. The van der Waals surface area contributed by atoms with Crippen molar-refractivity contribution in [2.45, 2.75) is 12.4 Å². The molecule has 1 amide bonds. The maximum atomic E-state index is 12.5. The number of H-pyrrole nitrogens is 1. The van der Waals surface area contributed by atoms with Crippen LogP contribution in [0.4, 0.5) is 43.8 Å². The van der Waals surface area contributed by atoms with Gasteiger partial charge in [0.05, 0.1) is 5.39 Å². The van der Waals surface area contributed by atoms with E-state index in [2.05, 4.69) is 25.6 Å². The van der Waals surface area contributed by atoms with Gasteiger partial charge in [0, 0.05) is 17.4 Å². The molecule has 0 bridgehead atoms. The summed E-state index contributed by atoms with van der Waals surface area (Å²) in [6.45, 7) is -2.74. The third-order valence-electron chi connectivity index (χ3n) is 3.72. The van der Waals surface area contributed by atoms with E-state index in [1.54, 1.807) is 5.32 Å². The summed E-state index contributed by atoms with van der Waals surface area (Å²) in [4.78, 5) is 22.7. The molecule has 0 atom stereocenters. The standard InChI is InChI=1S/C17H14F6N6O/c18-16(19,20)7-25-13-11-5-6-24-12(11)28-15(29-13)27-10-3-1-9(2-4-10)14(30)26-8-17(21,22)23/h1-6H,7-8H2,(H,26,30)(H3,24,25,27,28,29). The molecule has 2 heterocycles. The van der Waals surface area contributed by atoms with Gasteiger partial charge in [-0.3, -0.25) is 4.79 Å².